The Morgan fingerprint density at radius 3 is 2.33 bits per heavy atom. The molecule has 0 aromatic carbocycles. The molecule has 1 nitrogen and oxygen atoms in total. The van der Waals surface area contributed by atoms with Crippen LogP contribution >= 0.6 is 0 Å². The van der Waals surface area contributed by atoms with Crippen molar-refractivity contribution in [2.24, 2.45) is 0 Å². The molecule has 1 unspecified atom stereocenters. The molecule has 0 aromatic heterocycles. The van der Waals surface area contributed by atoms with Gasteiger partial charge in [0.2, 0.25) is 0 Å². The van der Waals surface area contributed by atoms with Gasteiger partial charge >= 0.3 is 51.4 Å². The molecule has 0 aliphatic carbocycles. The van der Waals surface area contributed by atoms with Gasteiger partial charge in [-0.25, -0.2) is 0 Å². The fraction of sp³-hybridized carbons (Fsp3) is 0.800. The van der Waals surface area contributed by atoms with E-state index in [2.05, 4.69) is 13.5 Å². The van der Waals surface area contributed by atoms with E-state index in [4.69, 9.17) is 0 Å². The van der Waals surface area contributed by atoms with E-state index in [1.165, 1.54) is 31.8 Å². The monoisotopic (exact) mass is 194 g/mol. The molecule has 0 aliphatic heterocycles. The topological polar surface area (TPSA) is 23.1 Å². The van der Waals surface area contributed by atoms with Crippen LogP contribution in [0.3, 0.4) is 0 Å². The van der Waals surface area contributed by atoms with Gasteiger partial charge in [-0.05, 0) is 0 Å². The summed E-state index contributed by atoms with van der Waals surface area (Å²) in [7, 11) is 0. The summed E-state index contributed by atoms with van der Waals surface area (Å²) in [6.45, 7) is 5.66. The summed E-state index contributed by atoms with van der Waals surface area (Å²) in [5, 5.41) is 10.8. The van der Waals surface area contributed by atoms with E-state index in [-0.39, 0.29) is 51.4 Å². The SMILES string of the molecule is C=CC([O-])CCCCCCC.[K+]. The van der Waals surface area contributed by atoms with Crippen molar-refractivity contribution in [3.8, 4) is 0 Å². The number of rotatable bonds is 7. The summed E-state index contributed by atoms with van der Waals surface area (Å²) < 4.78 is 0. The zero-order chi connectivity index (χ0) is 8.53. The van der Waals surface area contributed by atoms with Gasteiger partial charge in [0.05, 0.1) is 0 Å². The molecule has 66 valence electrons. The smallest absolute Gasteiger partial charge is 0.849 e. The molecule has 2 heteroatoms. The molecular weight excluding hydrogens is 175 g/mol. The minimum Gasteiger partial charge on any atom is -0.849 e. The van der Waals surface area contributed by atoms with Gasteiger partial charge in [-0.1, -0.05) is 45.4 Å². The number of hydrogen-bond acceptors (Lipinski definition) is 1. The standard InChI is InChI=1S/C10H19O.K/c1-3-5-6-7-8-9-10(11)4-2;/h4,10H,2-3,5-9H2,1H3;/q-1;+1. The molecule has 0 saturated carbocycles. The molecule has 0 rings (SSSR count). The molecule has 0 spiro atoms. The van der Waals surface area contributed by atoms with Crippen LogP contribution in [-0.4, -0.2) is 6.10 Å². The average Bonchev–Trinajstić information content (AvgIpc) is 2.04. The quantitative estimate of drug-likeness (QED) is 0.298. The first-order valence-electron chi connectivity index (χ1n) is 4.59. The zero-order valence-electron chi connectivity index (χ0n) is 8.51. The normalized spacial score (nSPS) is 11.8. The van der Waals surface area contributed by atoms with Crippen molar-refractivity contribution in [2.45, 2.75) is 51.6 Å². The van der Waals surface area contributed by atoms with Crippen molar-refractivity contribution in [1.82, 2.24) is 0 Å². The molecular formula is C10H19KO. The minimum atomic E-state index is -0.531. The van der Waals surface area contributed by atoms with Crippen molar-refractivity contribution in [3.05, 3.63) is 12.7 Å². The molecule has 0 aromatic rings. The van der Waals surface area contributed by atoms with Crippen LogP contribution in [0.25, 0.3) is 0 Å². The Morgan fingerprint density at radius 2 is 1.83 bits per heavy atom. The van der Waals surface area contributed by atoms with Crippen molar-refractivity contribution >= 4 is 0 Å². The van der Waals surface area contributed by atoms with Crippen LogP contribution in [0, 0.1) is 0 Å². The fourth-order valence-corrected chi connectivity index (χ4v) is 1.07. The van der Waals surface area contributed by atoms with Crippen LogP contribution in [0.2, 0.25) is 0 Å². The van der Waals surface area contributed by atoms with E-state index < -0.39 is 6.10 Å². The molecule has 0 N–H and O–H groups in total. The Labute approximate surface area is 119 Å². The van der Waals surface area contributed by atoms with E-state index in [1.807, 2.05) is 0 Å². The van der Waals surface area contributed by atoms with Gasteiger partial charge in [-0.2, -0.15) is 0 Å². The van der Waals surface area contributed by atoms with E-state index >= 15 is 0 Å². The molecule has 0 saturated heterocycles. The number of hydrogen-bond donors (Lipinski definition) is 0. The largest absolute Gasteiger partial charge is 1.00 e. The summed E-state index contributed by atoms with van der Waals surface area (Å²) in [6, 6.07) is 0. The van der Waals surface area contributed by atoms with E-state index in [0.717, 1.165) is 12.8 Å². The molecule has 1 atom stereocenters. The molecule has 0 bridgehead atoms. The van der Waals surface area contributed by atoms with Crippen LogP contribution < -0.4 is 56.5 Å². The van der Waals surface area contributed by atoms with Gasteiger partial charge in [-0.3, -0.25) is 0 Å². The van der Waals surface area contributed by atoms with Gasteiger partial charge in [0.25, 0.3) is 0 Å². The van der Waals surface area contributed by atoms with Crippen molar-refractivity contribution in [2.75, 3.05) is 0 Å². The maximum atomic E-state index is 10.8. The summed E-state index contributed by atoms with van der Waals surface area (Å²) >= 11 is 0. The molecule has 0 aliphatic rings. The zero-order valence-corrected chi connectivity index (χ0v) is 11.6. The Kier molecular flexibility index (Phi) is 16.2. The second kappa shape index (κ2) is 12.3. The minimum absolute atomic E-state index is 0. The molecule has 0 heterocycles. The van der Waals surface area contributed by atoms with Gasteiger partial charge in [0.1, 0.15) is 0 Å². The fourth-order valence-electron chi connectivity index (χ4n) is 1.07. The molecule has 0 fully saturated rings. The van der Waals surface area contributed by atoms with Crippen LogP contribution in [-0.2, 0) is 0 Å². The van der Waals surface area contributed by atoms with E-state index in [1.54, 1.807) is 0 Å². The van der Waals surface area contributed by atoms with Crippen LogP contribution in [0.5, 0.6) is 0 Å². The first kappa shape index (κ1) is 15.8. The molecule has 12 heavy (non-hydrogen) atoms. The van der Waals surface area contributed by atoms with Crippen LogP contribution in [0.4, 0.5) is 0 Å². The molecule has 0 radical (unpaired) electrons. The van der Waals surface area contributed by atoms with Crippen molar-refractivity contribution in [3.63, 3.8) is 0 Å². The second-order valence-electron chi connectivity index (χ2n) is 2.98. The summed E-state index contributed by atoms with van der Waals surface area (Å²) in [5.41, 5.74) is 0. The first-order chi connectivity index (χ1) is 5.31. The average molecular weight is 194 g/mol. The van der Waals surface area contributed by atoms with E-state index in [0.29, 0.717) is 0 Å². The summed E-state index contributed by atoms with van der Waals surface area (Å²) in [5.74, 6) is 0. The summed E-state index contributed by atoms with van der Waals surface area (Å²) in [6.07, 6.45) is 7.87. The Morgan fingerprint density at radius 1 is 1.25 bits per heavy atom. The third-order valence-electron chi connectivity index (χ3n) is 1.86. The van der Waals surface area contributed by atoms with Crippen molar-refractivity contribution < 1.29 is 56.5 Å². The van der Waals surface area contributed by atoms with Gasteiger partial charge < -0.3 is 5.11 Å². The van der Waals surface area contributed by atoms with Crippen LogP contribution in [0.1, 0.15) is 45.4 Å². The van der Waals surface area contributed by atoms with Gasteiger partial charge in [0.15, 0.2) is 0 Å². The predicted octanol–water partition coefficient (Wildman–Crippen LogP) is -0.734. The number of unbranched alkanes of at least 4 members (excludes halogenated alkanes) is 4. The Hall–Kier alpha value is 1.34. The van der Waals surface area contributed by atoms with Crippen molar-refractivity contribution in [1.29, 1.82) is 0 Å². The first-order valence-corrected chi connectivity index (χ1v) is 4.59. The maximum absolute atomic E-state index is 10.8. The Bertz CT molecular complexity index is 93.8. The van der Waals surface area contributed by atoms with Gasteiger partial charge in [0, 0.05) is 0 Å². The third kappa shape index (κ3) is 11.3. The van der Waals surface area contributed by atoms with Gasteiger partial charge in [-0.15, -0.1) is 18.8 Å². The predicted molar refractivity (Wildman–Crippen MR) is 47.4 cm³/mol. The second-order valence-corrected chi connectivity index (χ2v) is 2.98. The Balaban J connectivity index is 0. The molecule has 0 amide bonds. The third-order valence-corrected chi connectivity index (χ3v) is 1.86. The summed E-state index contributed by atoms with van der Waals surface area (Å²) in [4.78, 5) is 0. The maximum Gasteiger partial charge on any atom is 1.00 e. The van der Waals surface area contributed by atoms with E-state index in [9.17, 15) is 5.11 Å². The van der Waals surface area contributed by atoms with Crippen LogP contribution in [0.15, 0.2) is 12.7 Å².